The first kappa shape index (κ1) is 52.2. The molecule has 0 spiro atoms. The van der Waals surface area contributed by atoms with E-state index < -0.39 is 53.7 Å². The van der Waals surface area contributed by atoms with E-state index in [9.17, 15) is 29.2 Å². The molecule has 6 atom stereocenters. The minimum atomic E-state index is -1.41. The van der Waals surface area contributed by atoms with Gasteiger partial charge in [0.05, 0.1) is 23.0 Å². The minimum absolute atomic E-state index is 0.000663. The van der Waals surface area contributed by atoms with E-state index in [-0.39, 0.29) is 57.8 Å². The van der Waals surface area contributed by atoms with Gasteiger partial charge in [0.25, 0.3) is 5.91 Å². The fourth-order valence-electron chi connectivity index (χ4n) is 9.25. The molecule has 70 heavy (non-hydrogen) atoms. The number of aryl methyl sites for hydroxylation is 2. The van der Waals surface area contributed by atoms with Crippen molar-refractivity contribution in [3.05, 3.63) is 88.7 Å². The third-order valence-corrected chi connectivity index (χ3v) is 12.7. The highest BCUT2D eigenvalue weighted by Gasteiger charge is 2.37. The number of likely N-dealkylation sites (N-methyl/N-ethyl adjacent to an activating group) is 1. The number of hydrogen-bond donors (Lipinski definition) is 7. The van der Waals surface area contributed by atoms with E-state index >= 15 is 0 Å². The first-order valence-electron chi connectivity index (χ1n) is 23.8. The monoisotopic (exact) mass is 959 g/mol. The lowest BCUT2D eigenvalue weighted by molar-refractivity contribution is -0.141. The topological polar surface area (TPSA) is 286 Å². The molecular formula is C51H66N12O7. The van der Waals surface area contributed by atoms with Gasteiger partial charge in [-0.15, -0.1) is 0 Å². The molecule has 4 aromatic rings. The fraction of sp³-hybridized carbons (Fsp3) is 0.451. The maximum atomic E-state index is 14.8. The summed E-state index contributed by atoms with van der Waals surface area (Å²) >= 11 is 0. The molecule has 2 aliphatic heterocycles. The molecular weight excluding hydrogens is 893 g/mol. The molecule has 2 aliphatic rings. The first-order chi connectivity index (χ1) is 33.6. The number of nitriles is 1. The molecule has 0 radical (unpaired) electrons. The zero-order chi connectivity index (χ0) is 50.6. The molecule has 1 saturated heterocycles. The van der Waals surface area contributed by atoms with Crippen LogP contribution in [0, 0.1) is 25.2 Å². The quantitative estimate of drug-likeness (QED) is 0.0796. The van der Waals surface area contributed by atoms with Crippen LogP contribution < -0.4 is 52.8 Å². The molecule has 0 saturated carbocycles. The molecule has 10 N–H and O–H groups in total. The number of aromatic nitrogens is 2. The molecule has 3 aromatic carbocycles. The maximum absolute atomic E-state index is 14.8. The van der Waals surface area contributed by atoms with Crippen LogP contribution in [-0.2, 0) is 25.6 Å². The van der Waals surface area contributed by atoms with Crippen molar-refractivity contribution >= 4 is 35.2 Å². The van der Waals surface area contributed by atoms with Crippen molar-refractivity contribution in [3.8, 4) is 40.1 Å². The minimum Gasteiger partial charge on any atom is -0.492 e. The first-order valence-corrected chi connectivity index (χ1v) is 23.8. The average molecular weight is 959 g/mol. The van der Waals surface area contributed by atoms with E-state index in [0.717, 1.165) is 24.1 Å². The zero-order valence-electron chi connectivity index (χ0n) is 40.8. The number of benzene rings is 3. The molecule has 1 aromatic heterocycles. The summed E-state index contributed by atoms with van der Waals surface area (Å²) in [5.41, 5.74) is 22.6. The number of nitrogens with two attached hydrogens (primary N) is 3. The van der Waals surface area contributed by atoms with Crippen molar-refractivity contribution in [1.82, 2.24) is 36.1 Å². The molecule has 19 heteroatoms. The van der Waals surface area contributed by atoms with Gasteiger partial charge in [-0.3, -0.25) is 24.0 Å². The normalized spacial score (nSPS) is 19.6. The number of anilines is 1. The van der Waals surface area contributed by atoms with Crippen molar-refractivity contribution in [1.29, 1.82) is 5.26 Å². The lowest BCUT2D eigenvalue weighted by atomic mass is 9.93. The number of nitrogens with zero attached hydrogens (tertiary/aromatic N) is 5. The highest BCUT2D eigenvalue weighted by Crippen LogP contribution is 2.40. The second-order valence-electron chi connectivity index (χ2n) is 17.9. The Labute approximate surface area is 409 Å². The molecule has 372 valence electrons. The summed E-state index contributed by atoms with van der Waals surface area (Å²) in [6, 6.07) is 16.0. The summed E-state index contributed by atoms with van der Waals surface area (Å²) in [5, 5.41) is 20.0. The van der Waals surface area contributed by atoms with E-state index in [1.54, 1.807) is 50.2 Å². The van der Waals surface area contributed by atoms with Gasteiger partial charge in [-0.25, -0.2) is 9.97 Å². The molecule has 6 rings (SSSR count). The van der Waals surface area contributed by atoms with Gasteiger partial charge in [0.1, 0.15) is 55.4 Å². The van der Waals surface area contributed by atoms with Crippen molar-refractivity contribution < 1.29 is 33.4 Å². The summed E-state index contributed by atoms with van der Waals surface area (Å²) in [7, 11) is 1.42. The van der Waals surface area contributed by atoms with Gasteiger partial charge in [0.15, 0.2) is 5.82 Å². The molecule has 3 heterocycles. The van der Waals surface area contributed by atoms with E-state index in [2.05, 4.69) is 52.1 Å². The third-order valence-electron chi connectivity index (χ3n) is 12.7. The highest BCUT2D eigenvalue weighted by atomic mass is 16.5. The Morgan fingerprint density at radius 3 is 2.07 bits per heavy atom. The number of rotatable bonds is 16. The summed E-state index contributed by atoms with van der Waals surface area (Å²) < 4.78 is 12.2. The third kappa shape index (κ3) is 12.2. The smallest absolute Gasteiger partial charge is 0.255 e. The van der Waals surface area contributed by atoms with Crippen molar-refractivity contribution in [2.24, 2.45) is 17.2 Å². The van der Waals surface area contributed by atoms with Crippen LogP contribution in [0.2, 0.25) is 0 Å². The van der Waals surface area contributed by atoms with Gasteiger partial charge >= 0.3 is 0 Å². The van der Waals surface area contributed by atoms with E-state index in [1.807, 2.05) is 18.2 Å². The number of amides is 5. The number of ether oxygens (including phenoxy) is 2. The van der Waals surface area contributed by atoms with Crippen LogP contribution in [0.15, 0.2) is 60.7 Å². The number of piperidine rings is 1. The van der Waals surface area contributed by atoms with Gasteiger partial charge in [0, 0.05) is 61.0 Å². The van der Waals surface area contributed by atoms with Gasteiger partial charge in [0.2, 0.25) is 23.6 Å². The summed E-state index contributed by atoms with van der Waals surface area (Å²) in [6.45, 7) is 9.73. The standard InChI is InChI=1S/C51H66N12O7/c1-29-8-7-9-30(2)63(29)37-14-11-35(12-15-37)46-57-31(3)44(32(4)58-46)49(66)60-40(18-19-52)51(68)62(6)45-36-13-17-43(70-25-22-55)39(28-36)38-26-34(10-16-42(38)69-24-21-54)27-41(48(65)56-23-20-53)61-47(64)33(5)59-50(45)67/h10-17,26,28-30,33,40-41,45H,7-9,18-19,21-25,27,52,54-55H2,1-6H3,(H,56,65)(H,59,67)(H,60,66)(H,61,64)/t29-,30+,33-,40-,41-,45-/m0/s1. The molecule has 5 amide bonds. The Balaban J connectivity index is 1.35. The van der Waals surface area contributed by atoms with E-state index in [4.69, 9.17) is 36.6 Å². The Bertz CT molecular complexity index is 2550. The molecule has 19 nitrogen and oxygen atoms in total. The second-order valence-corrected chi connectivity index (χ2v) is 17.9. The molecule has 4 bridgehead atoms. The van der Waals surface area contributed by atoms with Crippen molar-refractivity contribution in [2.45, 2.75) is 103 Å². The van der Waals surface area contributed by atoms with Gasteiger partial charge < -0.3 is 57.7 Å². The van der Waals surface area contributed by atoms with Crippen LogP contribution in [0.4, 0.5) is 5.69 Å². The fourth-order valence-corrected chi connectivity index (χ4v) is 9.25. The Morgan fingerprint density at radius 1 is 0.857 bits per heavy atom. The number of carbonyl (C=O) groups is 5. The lowest BCUT2D eigenvalue weighted by Crippen LogP contribution is -2.56. The Kier molecular flexibility index (Phi) is 17.9. The van der Waals surface area contributed by atoms with E-state index in [1.165, 1.54) is 25.3 Å². The zero-order valence-corrected chi connectivity index (χ0v) is 40.8. The number of fused-ring (bicyclic) bond motifs is 5. The van der Waals surface area contributed by atoms with Crippen molar-refractivity contribution in [2.75, 3.05) is 51.3 Å². The van der Waals surface area contributed by atoms with E-state index in [0.29, 0.717) is 63.0 Å². The van der Waals surface area contributed by atoms with Gasteiger partial charge in [-0.05, 0) is 127 Å². The molecule has 1 fully saturated rings. The lowest BCUT2D eigenvalue weighted by Gasteiger charge is -2.41. The van der Waals surface area contributed by atoms with Crippen molar-refractivity contribution in [3.63, 3.8) is 0 Å². The maximum Gasteiger partial charge on any atom is 0.255 e. The number of hydrogen-bond acceptors (Lipinski definition) is 14. The SMILES string of the molecule is Cc1nc(-c2ccc(N3[C@H](C)CCC[C@@H]3C)cc2)nc(C)c1C(=O)N[C@@H](CCN)C(=O)N(C)[C@@H]1C(=O)N[C@@H](C)C(=O)N[C@H](C(=O)NCC#N)Cc2ccc(OCCN)c(c2)-c2cc1ccc2OCCN. The van der Waals surface area contributed by atoms with Gasteiger partial charge in [-0.1, -0.05) is 12.1 Å². The average Bonchev–Trinajstić information content (AvgIpc) is 3.33. The van der Waals surface area contributed by atoms with Crippen LogP contribution in [-0.4, -0.2) is 121 Å². The van der Waals surface area contributed by atoms with Crippen LogP contribution in [0.25, 0.3) is 22.5 Å². The second kappa shape index (κ2) is 23.9. The Hall–Kier alpha value is -7.14. The summed E-state index contributed by atoms with van der Waals surface area (Å²) in [4.78, 5) is 84.0. The van der Waals surface area contributed by atoms with Crippen LogP contribution in [0.1, 0.15) is 85.4 Å². The van der Waals surface area contributed by atoms with Gasteiger partial charge in [-0.2, -0.15) is 5.26 Å². The largest absolute Gasteiger partial charge is 0.492 e. The predicted octanol–water partition coefficient (Wildman–Crippen LogP) is 2.70. The van der Waals surface area contributed by atoms with Crippen LogP contribution in [0.5, 0.6) is 11.5 Å². The predicted molar refractivity (Wildman–Crippen MR) is 265 cm³/mol. The summed E-state index contributed by atoms with van der Waals surface area (Å²) in [5.74, 6) is -2.10. The summed E-state index contributed by atoms with van der Waals surface area (Å²) in [6.07, 6.45) is 3.49. The number of nitrogens with one attached hydrogen (secondary N) is 4. The van der Waals surface area contributed by atoms with Crippen LogP contribution in [0.3, 0.4) is 0 Å². The van der Waals surface area contributed by atoms with Crippen LogP contribution >= 0.6 is 0 Å². The molecule has 0 aliphatic carbocycles. The number of carbonyl (C=O) groups excluding carboxylic acids is 5. The highest BCUT2D eigenvalue weighted by molar-refractivity contribution is 6.00. The Morgan fingerprint density at radius 2 is 1.47 bits per heavy atom. The molecule has 0 unspecified atom stereocenters.